The van der Waals surface area contributed by atoms with Gasteiger partial charge in [-0.2, -0.15) is 5.10 Å². The molecule has 0 aliphatic rings. The number of nitrogen functional groups attached to an aromatic ring is 1. The maximum Gasteiger partial charge on any atom is 0.276 e. The molecule has 0 saturated heterocycles. The van der Waals surface area contributed by atoms with Crippen molar-refractivity contribution in [3.8, 4) is 0 Å². The molecule has 0 aliphatic heterocycles. The number of benzene rings is 2. The van der Waals surface area contributed by atoms with Crippen LogP contribution >= 0.6 is 0 Å². The first-order chi connectivity index (χ1) is 10.0. The molecular formula is C14H10F2N4O. The molecule has 0 bridgehead atoms. The summed E-state index contributed by atoms with van der Waals surface area (Å²) in [5.74, 6) is -2.19. The van der Waals surface area contributed by atoms with Crippen molar-refractivity contribution < 1.29 is 13.6 Å². The van der Waals surface area contributed by atoms with Gasteiger partial charge in [-0.3, -0.25) is 9.89 Å². The Morgan fingerprint density at radius 2 is 2.00 bits per heavy atom. The van der Waals surface area contributed by atoms with Crippen LogP contribution in [0.2, 0.25) is 0 Å². The fraction of sp³-hybridized carbons (Fsp3) is 0. The summed E-state index contributed by atoms with van der Waals surface area (Å²) >= 11 is 0. The van der Waals surface area contributed by atoms with Gasteiger partial charge in [-0.05, 0) is 30.3 Å². The van der Waals surface area contributed by atoms with Crippen LogP contribution in [0.25, 0.3) is 10.9 Å². The van der Waals surface area contributed by atoms with Crippen molar-refractivity contribution in [2.75, 3.05) is 11.1 Å². The molecule has 1 amide bonds. The third-order valence-electron chi connectivity index (χ3n) is 2.98. The van der Waals surface area contributed by atoms with Gasteiger partial charge in [-0.15, -0.1) is 0 Å². The second-order valence-electron chi connectivity index (χ2n) is 4.46. The van der Waals surface area contributed by atoms with Crippen LogP contribution in [0.15, 0.2) is 36.4 Å². The molecule has 4 N–H and O–H groups in total. The van der Waals surface area contributed by atoms with Crippen molar-refractivity contribution in [1.82, 2.24) is 10.2 Å². The lowest BCUT2D eigenvalue weighted by molar-refractivity contribution is 0.102. The molecule has 2 aromatic carbocycles. The van der Waals surface area contributed by atoms with Crippen molar-refractivity contribution in [2.45, 2.75) is 0 Å². The summed E-state index contributed by atoms with van der Waals surface area (Å²) < 4.78 is 26.4. The topological polar surface area (TPSA) is 83.8 Å². The Balaban J connectivity index is 1.95. The Morgan fingerprint density at radius 1 is 1.19 bits per heavy atom. The van der Waals surface area contributed by atoms with Gasteiger partial charge in [0.15, 0.2) is 5.69 Å². The van der Waals surface area contributed by atoms with Crippen molar-refractivity contribution in [3.05, 3.63) is 53.7 Å². The van der Waals surface area contributed by atoms with Gasteiger partial charge < -0.3 is 11.1 Å². The highest BCUT2D eigenvalue weighted by Crippen LogP contribution is 2.21. The van der Waals surface area contributed by atoms with E-state index in [2.05, 4.69) is 15.5 Å². The Bertz CT molecular complexity index is 844. The van der Waals surface area contributed by atoms with E-state index in [1.165, 1.54) is 0 Å². The third-order valence-corrected chi connectivity index (χ3v) is 2.98. The fourth-order valence-corrected chi connectivity index (χ4v) is 1.98. The lowest BCUT2D eigenvalue weighted by atomic mass is 10.2. The smallest absolute Gasteiger partial charge is 0.276 e. The van der Waals surface area contributed by atoms with E-state index >= 15 is 0 Å². The van der Waals surface area contributed by atoms with E-state index in [-0.39, 0.29) is 11.4 Å². The number of nitrogens with two attached hydrogens (primary N) is 1. The van der Waals surface area contributed by atoms with Crippen molar-refractivity contribution in [1.29, 1.82) is 0 Å². The summed E-state index contributed by atoms with van der Waals surface area (Å²) in [5.41, 5.74) is 6.74. The molecule has 7 heteroatoms. The van der Waals surface area contributed by atoms with Crippen LogP contribution in [0, 0.1) is 11.6 Å². The number of halogens is 2. The van der Waals surface area contributed by atoms with Gasteiger partial charge in [0.2, 0.25) is 0 Å². The molecule has 1 aromatic heterocycles. The zero-order chi connectivity index (χ0) is 15.0. The molecule has 3 rings (SSSR count). The van der Waals surface area contributed by atoms with Gasteiger partial charge in [-0.1, -0.05) is 0 Å². The predicted octanol–water partition coefficient (Wildman–Crippen LogP) is 2.68. The van der Waals surface area contributed by atoms with Crippen LogP contribution in [-0.4, -0.2) is 16.1 Å². The van der Waals surface area contributed by atoms with Gasteiger partial charge >= 0.3 is 0 Å². The van der Waals surface area contributed by atoms with Crippen molar-refractivity contribution in [2.24, 2.45) is 0 Å². The molecule has 0 aliphatic carbocycles. The summed E-state index contributed by atoms with van der Waals surface area (Å²) in [6.45, 7) is 0. The SMILES string of the molecule is Nc1ccc2[nH]nc(C(=O)Nc3ccc(F)cc3F)c2c1. The van der Waals surface area contributed by atoms with Gasteiger partial charge in [0.05, 0.1) is 11.2 Å². The highest BCUT2D eigenvalue weighted by Gasteiger charge is 2.16. The summed E-state index contributed by atoms with van der Waals surface area (Å²) in [7, 11) is 0. The summed E-state index contributed by atoms with van der Waals surface area (Å²) in [5, 5.41) is 9.45. The molecule has 0 spiro atoms. The minimum Gasteiger partial charge on any atom is -0.399 e. The lowest BCUT2D eigenvalue weighted by Crippen LogP contribution is -2.14. The summed E-state index contributed by atoms with van der Waals surface area (Å²) in [4.78, 5) is 12.1. The number of aromatic amines is 1. The first-order valence-corrected chi connectivity index (χ1v) is 6.04. The molecule has 5 nitrogen and oxygen atoms in total. The number of fused-ring (bicyclic) bond motifs is 1. The minimum atomic E-state index is -0.859. The lowest BCUT2D eigenvalue weighted by Gasteiger charge is -2.05. The number of hydrogen-bond donors (Lipinski definition) is 3. The minimum absolute atomic E-state index is 0.0843. The maximum absolute atomic E-state index is 13.5. The van der Waals surface area contributed by atoms with Gasteiger partial charge in [0.25, 0.3) is 5.91 Å². The number of aromatic nitrogens is 2. The number of nitrogens with one attached hydrogen (secondary N) is 2. The number of carbonyl (C=O) groups excluding carboxylic acids is 1. The van der Waals surface area contributed by atoms with E-state index < -0.39 is 17.5 Å². The fourth-order valence-electron chi connectivity index (χ4n) is 1.98. The van der Waals surface area contributed by atoms with Crippen LogP contribution < -0.4 is 11.1 Å². The largest absolute Gasteiger partial charge is 0.399 e. The molecule has 3 aromatic rings. The van der Waals surface area contributed by atoms with E-state index in [9.17, 15) is 13.6 Å². The number of rotatable bonds is 2. The first kappa shape index (κ1) is 13.0. The molecule has 106 valence electrons. The number of carbonyl (C=O) groups is 1. The zero-order valence-electron chi connectivity index (χ0n) is 10.7. The van der Waals surface area contributed by atoms with Crippen molar-refractivity contribution >= 4 is 28.2 Å². The van der Waals surface area contributed by atoms with Gasteiger partial charge in [-0.25, -0.2) is 8.78 Å². The average Bonchev–Trinajstić information content (AvgIpc) is 2.85. The maximum atomic E-state index is 13.5. The highest BCUT2D eigenvalue weighted by molar-refractivity contribution is 6.11. The second kappa shape index (κ2) is 4.86. The second-order valence-corrected chi connectivity index (χ2v) is 4.46. The number of H-pyrrole nitrogens is 1. The molecule has 0 fully saturated rings. The molecule has 1 heterocycles. The molecule has 0 saturated carbocycles. The molecule has 0 atom stereocenters. The number of amides is 1. The van der Waals surface area contributed by atoms with Gasteiger partial charge in [0, 0.05) is 17.1 Å². The number of anilines is 2. The third kappa shape index (κ3) is 2.40. The standard InChI is InChI=1S/C14H10F2N4O/c15-7-1-3-12(10(16)5-7)18-14(21)13-9-6-8(17)2-4-11(9)19-20-13/h1-6H,17H2,(H,18,21)(H,19,20). The molecule has 21 heavy (non-hydrogen) atoms. The molecule has 0 unspecified atom stereocenters. The summed E-state index contributed by atoms with van der Waals surface area (Å²) in [6.07, 6.45) is 0. The van der Waals surface area contributed by atoms with E-state index in [4.69, 9.17) is 5.73 Å². The van der Waals surface area contributed by atoms with E-state index in [1.54, 1.807) is 18.2 Å². The van der Waals surface area contributed by atoms with Crippen LogP contribution in [-0.2, 0) is 0 Å². The molecule has 0 radical (unpaired) electrons. The molecular weight excluding hydrogens is 278 g/mol. The monoisotopic (exact) mass is 288 g/mol. The number of hydrogen-bond acceptors (Lipinski definition) is 3. The van der Waals surface area contributed by atoms with E-state index in [0.717, 1.165) is 12.1 Å². The summed E-state index contributed by atoms with van der Waals surface area (Å²) in [6, 6.07) is 7.84. The Hall–Kier alpha value is -2.96. The average molecular weight is 288 g/mol. The van der Waals surface area contributed by atoms with Crippen LogP contribution in [0.4, 0.5) is 20.2 Å². The Labute approximate surface area is 117 Å². The quantitative estimate of drug-likeness (QED) is 0.634. The number of nitrogens with zero attached hydrogens (tertiary/aromatic N) is 1. The Kier molecular flexibility index (Phi) is 3.02. The van der Waals surface area contributed by atoms with Crippen molar-refractivity contribution in [3.63, 3.8) is 0 Å². The predicted molar refractivity (Wildman–Crippen MR) is 74.8 cm³/mol. The van der Waals surface area contributed by atoms with Crippen LogP contribution in [0.3, 0.4) is 0 Å². The zero-order valence-corrected chi connectivity index (χ0v) is 10.7. The van der Waals surface area contributed by atoms with Gasteiger partial charge in [0.1, 0.15) is 11.6 Å². The normalized spacial score (nSPS) is 10.8. The highest BCUT2D eigenvalue weighted by atomic mass is 19.1. The van der Waals surface area contributed by atoms with E-state index in [1.807, 2.05) is 0 Å². The Morgan fingerprint density at radius 3 is 2.76 bits per heavy atom. The van der Waals surface area contributed by atoms with E-state index in [0.29, 0.717) is 22.7 Å². The van der Waals surface area contributed by atoms with Crippen LogP contribution in [0.5, 0.6) is 0 Å². The van der Waals surface area contributed by atoms with Crippen LogP contribution in [0.1, 0.15) is 10.5 Å². The first-order valence-electron chi connectivity index (χ1n) is 6.04.